The molecule has 2 aromatic carbocycles. The van der Waals surface area contributed by atoms with Gasteiger partial charge in [0.1, 0.15) is 0 Å². The van der Waals surface area contributed by atoms with E-state index in [1.54, 1.807) is 6.07 Å². The average Bonchev–Trinajstić information content (AvgIpc) is 2.92. The second kappa shape index (κ2) is 5.79. The Bertz CT molecular complexity index is 730. The molecule has 1 aliphatic rings. The van der Waals surface area contributed by atoms with Gasteiger partial charge in [0.25, 0.3) is 5.91 Å². The highest BCUT2D eigenvalue weighted by molar-refractivity contribution is 9.10. The van der Waals surface area contributed by atoms with Crippen molar-refractivity contribution in [3.8, 4) is 0 Å². The second-order valence-electron chi connectivity index (χ2n) is 5.01. The molecule has 0 bridgehead atoms. The van der Waals surface area contributed by atoms with Crippen molar-refractivity contribution in [2.24, 2.45) is 0 Å². The number of halogens is 2. The number of fused-ring (bicyclic) bond motifs is 1. The van der Waals surface area contributed by atoms with E-state index in [0.717, 1.165) is 21.2 Å². The van der Waals surface area contributed by atoms with E-state index < -0.39 is 0 Å². The van der Waals surface area contributed by atoms with E-state index in [1.165, 1.54) is 0 Å². The molecular formula is C16H13BrClNO2. The van der Waals surface area contributed by atoms with E-state index in [2.05, 4.69) is 21.2 Å². The number of hydrogen-bond acceptors (Lipinski definition) is 2. The number of carbonyl (C=O) groups excluding carboxylic acids is 1. The van der Waals surface area contributed by atoms with Gasteiger partial charge < -0.3 is 10.1 Å². The molecule has 0 saturated heterocycles. The number of nitrogens with one attached hydrogen (secondary N) is 1. The van der Waals surface area contributed by atoms with Crippen molar-refractivity contribution >= 4 is 39.1 Å². The molecular weight excluding hydrogens is 354 g/mol. The predicted octanol–water partition coefficient (Wildman–Crippen LogP) is 4.69. The van der Waals surface area contributed by atoms with Crippen molar-refractivity contribution in [2.45, 2.75) is 20.1 Å². The number of hydrogen-bond donors (Lipinski definition) is 1. The molecule has 0 saturated carbocycles. The van der Waals surface area contributed by atoms with Crippen LogP contribution < -0.4 is 5.32 Å². The van der Waals surface area contributed by atoms with Crippen LogP contribution >= 0.6 is 27.5 Å². The zero-order valence-electron chi connectivity index (χ0n) is 11.4. The van der Waals surface area contributed by atoms with E-state index in [1.807, 2.05) is 31.2 Å². The Hall–Kier alpha value is -1.36. The molecule has 0 spiro atoms. The molecule has 0 radical (unpaired) electrons. The van der Waals surface area contributed by atoms with Gasteiger partial charge in [0.2, 0.25) is 0 Å². The Morgan fingerprint density at radius 1 is 1.24 bits per heavy atom. The van der Waals surface area contributed by atoms with Crippen LogP contribution in [0.2, 0.25) is 5.02 Å². The summed E-state index contributed by atoms with van der Waals surface area (Å²) in [6.07, 6.45) is 0. The molecule has 1 heterocycles. The molecule has 5 heteroatoms. The summed E-state index contributed by atoms with van der Waals surface area (Å²) < 4.78 is 6.17. The molecule has 3 rings (SSSR count). The summed E-state index contributed by atoms with van der Waals surface area (Å²) in [6, 6.07) is 9.26. The average molecular weight is 367 g/mol. The van der Waals surface area contributed by atoms with Crippen LogP contribution in [-0.2, 0) is 18.0 Å². The monoisotopic (exact) mass is 365 g/mol. The molecule has 0 unspecified atom stereocenters. The molecule has 1 amide bonds. The minimum absolute atomic E-state index is 0.162. The Labute approximate surface area is 136 Å². The number of rotatable bonds is 2. The maximum atomic E-state index is 12.3. The third kappa shape index (κ3) is 2.98. The first-order chi connectivity index (χ1) is 10.0. The summed E-state index contributed by atoms with van der Waals surface area (Å²) in [4.78, 5) is 12.3. The molecule has 0 aromatic heterocycles. The molecule has 3 nitrogen and oxygen atoms in total. The third-order valence-corrected chi connectivity index (χ3v) is 4.54. The lowest BCUT2D eigenvalue weighted by Crippen LogP contribution is -2.12. The molecule has 0 fully saturated rings. The number of ether oxygens (including phenoxy) is 1. The lowest BCUT2D eigenvalue weighted by molar-refractivity contribution is 0.102. The number of anilines is 1. The van der Waals surface area contributed by atoms with Gasteiger partial charge in [-0.25, -0.2) is 0 Å². The maximum Gasteiger partial charge on any atom is 0.255 e. The molecule has 21 heavy (non-hydrogen) atoms. The van der Waals surface area contributed by atoms with Crippen LogP contribution in [0.1, 0.15) is 27.0 Å². The van der Waals surface area contributed by atoms with Gasteiger partial charge in [0.15, 0.2) is 0 Å². The van der Waals surface area contributed by atoms with Crippen LogP contribution in [-0.4, -0.2) is 5.91 Å². The largest absolute Gasteiger partial charge is 0.372 e. The molecule has 1 N–H and O–H groups in total. The fraction of sp³-hybridized carbons (Fsp3) is 0.188. The fourth-order valence-electron chi connectivity index (χ4n) is 2.25. The predicted molar refractivity (Wildman–Crippen MR) is 86.8 cm³/mol. The minimum Gasteiger partial charge on any atom is -0.372 e. The van der Waals surface area contributed by atoms with Gasteiger partial charge in [-0.3, -0.25) is 4.79 Å². The Morgan fingerprint density at radius 2 is 2.00 bits per heavy atom. The smallest absolute Gasteiger partial charge is 0.255 e. The van der Waals surface area contributed by atoms with E-state index in [0.29, 0.717) is 29.5 Å². The van der Waals surface area contributed by atoms with Gasteiger partial charge in [-0.15, -0.1) is 0 Å². The van der Waals surface area contributed by atoms with Crippen LogP contribution in [0, 0.1) is 6.92 Å². The van der Waals surface area contributed by atoms with Gasteiger partial charge in [-0.2, -0.15) is 0 Å². The van der Waals surface area contributed by atoms with E-state index in [9.17, 15) is 4.79 Å². The van der Waals surface area contributed by atoms with Crippen molar-refractivity contribution in [3.63, 3.8) is 0 Å². The molecule has 2 aromatic rings. The molecule has 108 valence electrons. The van der Waals surface area contributed by atoms with Gasteiger partial charge in [0, 0.05) is 15.1 Å². The van der Waals surface area contributed by atoms with Crippen molar-refractivity contribution in [1.82, 2.24) is 0 Å². The Balaban J connectivity index is 1.85. The van der Waals surface area contributed by atoms with Crippen LogP contribution in [0.15, 0.2) is 34.8 Å². The summed E-state index contributed by atoms with van der Waals surface area (Å²) in [6.45, 7) is 3.10. The summed E-state index contributed by atoms with van der Waals surface area (Å²) in [5, 5.41) is 3.50. The van der Waals surface area contributed by atoms with Crippen molar-refractivity contribution in [3.05, 3.63) is 62.1 Å². The number of benzene rings is 2. The second-order valence-corrected chi connectivity index (χ2v) is 6.27. The van der Waals surface area contributed by atoms with E-state index in [4.69, 9.17) is 16.3 Å². The lowest BCUT2D eigenvalue weighted by Gasteiger charge is -2.10. The van der Waals surface area contributed by atoms with Gasteiger partial charge in [-0.05, 0) is 63.8 Å². The normalized spacial score (nSPS) is 13.1. The Morgan fingerprint density at radius 3 is 2.81 bits per heavy atom. The first-order valence-electron chi connectivity index (χ1n) is 6.51. The van der Waals surface area contributed by atoms with Gasteiger partial charge in [0.05, 0.1) is 18.9 Å². The van der Waals surface area contributed by atoms with Gasteiger partial charge >= 0.3 is 0 Å². The fourth-order valence-corrected chi connectivity index (χ4v) is 2.97. The van der Waals surface area contributed by atoms with Crippen molar-refractivity contribution in [1.29, 1.82) is 0 Å². The molecule has 0 aliphatic carbocycles. The van der Waals surface area contributed by atoms with Crippen LogP contribution in [0.3, 0.4) is 0 Å². The lowest BCUT2D eigenvalue weighted by atomic mass is 10.1. The first kappa shape index (κ1) is 14.6. The van der Waals surface area contributed by atoms with Crippen LogP contribution in [0.4, 0.5) is 5.69 Å². The maximum absolute atomic E-state index is 12.3. The van der Waals surface area contributed by atoms with E-state index in [-0.39, 0.29) is 5.91 Å². The summed E-state index contributed by atoms with van der Waals surface area (Å²) in [5.41, 5.74) is 4.45. The van der Waals surface area contributed by atoms with Crippen molar-refractivity contribution in [2.75, 3.05) is 5.32 Å². The van der Waals surface area contributed by atoms with Crippen molar-refractivity contribution < 1.29 is 9.53 Å². The van der Waals surface area contributed by atoms with E-state index >= 15 is 0 Å². The third-order valence-electron chi connectivity index (χ3n) is 3.48. The number of aryl methyl sites for hydroxylation is 1. The summed E-state index contributed by atoms with van der Waals surface area (Å²) in [7, 11) is 0. The Kier molecular flexibility index (Phi) is 4.02. The number of carbonyl (C=O) groups is 1. The highest BCUT2D eigenvalue weighted by atomic mass is 79.9. The highest BCUT2D eigenvalue weighted by Crippen LogP contribution is 2.30. The minimum atomic E-state index is -0.162. The quantitative estimate of drug-likeness (QED) is 0.837. The summed E-state index contributed by atoms with van der Waals surface area (Å²) in [5.74, 6) is -0.162. The SMILES string of the molecule is Cc1cc(Br)c(NC(=O)c2ccc3c(c2)COC3)cc1Cl. The summed E-state index contributed by atoms with van der Waals surface area (Å²) >= 11 is 9.54. The topological polar surface area (TPSA) is 38.3 Å². The van der Waals surface area contributed by atoms with Crippen LogP contribution in [0.25, 0.3) is 0 Å². The standard InChI is InChI=1S/C16H13BrClNO2/c1-9-4-13(17)15(6-14(9)18)19-16(20)10-2-3-11-7-21-8-12(11)5-10/h2-6H,7-8H2,1H3,(H,19,20). The van der Waals surface area contributed by atoms with Crippen LogP contribution in [0.5, 0.6) is 0 Å². The molecule has 1 aliphatic heterocycles. The van der Waals surface area contributed by atoms with Gasteiger partial charge in [-0.1, -0.05) is 17.7 Å². The zero-order chi connectivity index (χ0) is 15.0. The number of amides is 1. The highest BCUT2D eigenvalue weighted by Gasteiger charge is 2.15. The first-order valence-corrected chi connectivity index (χ1v) is 7.68. The zero-order valence-corrected chi connectivity index (χ0v) is 13.7. The molecule has 0 atom stereocenters.